The Labute approximate surface area is 361 Å². The summed E-state index contributed by atoms with van der Waals surface area (Å²) in [5.41, 5.74) is 0. The maximum atomic E-state index is 12.6. The first-order valence-electron chi connectivity index (χ1n) is 24.3. The minimum atomic E-state index is -4.62. The first kappa shape index (κ1) is 57.4. The smallest absolute Gasteiger partial charge is 0.462 e. The molecule has 0 saturated carbocycles. The normalized spacial score (nSPS) is 13.9. The lowest BCUT2D eigenvalue weighted by Gasteiger charge is -2.20. The van der Waals surface area contributed by atoms with Gasteiger partial charge in [-0.15, -0.1) is 0 Å². The van der Waals surface area contributed by atoms with Crippen molar-refractivity contribution in [1.29, 1.82) is 0 Å². The van der Waals surface area contributed by atoms with Crippen molar-refractivity contribution in [3.05, 3.63) is 24.3 Å². The van der Waals surface area contributed by atoms with Crippen LogP contribution in [0.4, 0.5) is 0 Å². The number of hydrogen-bond acceptors (Lipinski definition) is 9. The van der Waals surface area contributed by atoms with Crippen molar-refractivity contribution in [2.75, 3.05) is 26.4 Å². The molecular weight excluding hydrogens is 767 g/mol. The highest BCUT2D eigenvalue weighted by Gasteiger charge is 2.27. The monoisotopic (exact) mass is 859 g/mol. The number of esters is 2. The molecular formula is C48H91O10P. The van der Waals surface area contributed by atoms with E-state index in [0.29, 0.717) is 12.8 Å². The molecule has 0 amide bonds. The van der Waals surface area contributed by atoms with Gasteiger partial charge in [-0.1, -0.05) is 205 Å². The van der Waals surface area contributed by atoms with Gasteiger partial charge in [-0.05, 0) is 38.5 Å². The molecule has 0 aliphatic heterocycles. The molecule has 348 valence electrons. The number of unbranched alkanes of at least 4 members (excludes halogenated alkanes) is 28. The molecule has 10 nitrogen and oxygen atoms in total. The molecule has 11 heteroatoms. The summed E-state index contributed by atoms with van der Waals surface area (Å²) in [7, 11) is -4.62. The lowest BCUT2D eigenvalue weighted by atomic mass is 10.0. The fourth-order valence-corrected chi connectivity index (χ4v) is 7.62. The fourth-order valence-electron chi connectivity index (χ4n) is 6.84. The molecule has 0 rings (SSSR count). The van der Waals surface area contributed by atoms with Crippen LogP contribution in [-0.2, 0) is 32.7 Å². The maximum Gasteiger partial charge on any atom is 0.472 e. The van der Waals surface area contributed by atoms with Gasteiger partial charge in [-0.3, -0.25) is 18.6 Å². The van der Waals surface area contributed by atoms with Crippen molar-refractivity contribution in [2.45, 2.75) is 244 Å². The van der Waals surface area contributed by atoms with Crippen molar-refractivity contribution >= 4 is 19.8 Å². The van der Waals surface area contributed by atoms with Gasteiger partial charge in [0, 0.05) is 12.8 Å². The average Bonchev–Trinajstić information content (AvgIpc) is 3.22. The van der Waals surface area contributed by atoms with Crippen LogP contribution in [0.25, 0.3) is 0 Å². The first-order chi connectivity index (χ1) is 28.7. The highest BCUT2D eigenvalue weighted by Crippen LogP contribution is 2.43. The second-order valence-corrected chi connectivity index (χ2v) is 17.9. The summed E-state index contributed by atoms with van der Waals surface area (Å²) in [6.07, 6.45) is 45.8. The quantitative estimate of drug-likeness (QED) is 0.0234. The van der Waals surface area contributed by atoms with E-state index < -0.39 is 51.8 Å². The summed E-state index contributed by atoms with van der Waals surface area (Å²) in [5, 5.41) is 18.4. The number of phosphoric ester groups is 1. The molecule has 0 bridgehead atoms. The van der Waals surface area contributed by atoms with Crippen LogP contribution < -0.4 is 0 Å². The number of hydrogen-bond donors (Lipinski definition) is 3. The summed E-state index contributed by atoms with van der Waals surface area (Å²) < 4.78 is 32.8. The van der Waals surface area contributed by atoms with E-state index in [0.717, 1.165) is 64.2 Å². The predicted octanol–water partition coefficient (Wildman–Crippen LogP) is 13.3. The van der Waals surface area contributed by atoms with E-state index in [2.05, 4.69) is 38.2 Å². The molecule has 0 aromatic rings. The Kier molecular flexibility index (Phi) is 43.3. The topological polar surface area (TPSA) is 149 Å². The molecule has 0 fully saturated rings. The number of aliphatic hydroxyl groups excluding tert-OH is 2. The second kappa shape index (κ2) is 44.5. The highest BCUT2D eigenvalue weighted by atomic mass is 31.2. The molecule has 3 N–H and O–H groups in total. The van der Waals surface area contributed by atoms with E-state index in [4.69, 9.17) is 23.6 Å². The molecule has 3 unspecified atom stereocenters. The molecule has 0 aromatic carbocycles. The minimum Gasteiger partial charge on any atom is -0.462 e. The lowest BCUT2D eigenvalue weighted by Crippen LogP contribution is -2.29. The largest absolute Gasteiger partial charge is 0.472 e. The van der Waals surface area contributed by atoms with Gasteiger partial charge in [-0.2, -0.15) is 0 Å². The Morgan fingerprint density at radius 1 is 0.508 bits per heavy atom. The van der Waals surface area contributed by atoms with E-state index in [-0.39, 0.29) is 19.4 Å². The van der Waals surface area contributed by atoms with Crippen LogP contribution >= 0.6 is 7.82 Å². The van der Waals surface area contributed by atoms with Crippen LogP contribution in [0.2, 0.25) is 0 Å². The number of ether oxygens (including phenoxy) is 2. The van der Waals surface area contributed by atoms with E-state index >= 15 is 0 Å². The SMILES string of the molecule is CCCC/C=C\C/C=C\CCCCCCCC(=O)OC(COC(=O)CCCCCCCCCCCCCCCCCCCCCCCC)COP(=O)(O)OCC(O)CO. The molecule has 59 heavy (non-hydrogen) atoms. The van der Waals surface area contributed by atoms with Crippen molar-refractivity contribution in [2.24, 2.45) is 0 Å². The number of carbonyl (C=O) groups is 2. The molecule has 0 radical (unpaired) electrons. The van der Waals surface area contributed by atoms with E-state index in [1.807, 2.05) is 0 Å². The van der Waals surface area contributed by atoms with Gasteiger partial charge in [0.2, 0.25) is 0 Å². The van der Waals surface area contributed by atoms with Crippen molar-refractivity contribution < 1.29 is 47.8 Å². The summed E-state index contributed by atoms with van der Waals surface area (Å²) in [5.74, 6) is -0.930. The second-order valence-electron chi connectivity index (χ2n) is 16.5. The Bertz CT molecular complexity index is 1040. The minimum absolute atomic E-state index is 0.171. The molecule has 0 aromatic heterocycles. The molecule has 0 aliphatic rings. The zero-order valence-electron chi connectivity index (χ0n) is 38.0. The summed E-state index contributed by atoms with van der Waals surface area (Å²) in [6.45, 7) is 2.36. The Morgan fingerprint density at radius 2 is 0.898 bits per heavy atom. The van der Waals surface area contributed by atoms with Crippen LogP contribution in [-0.4, -0.2) is 65.7 Å². The van der Waals surface area contributed by atoms with Crippen LogP contribution in [0.15, 0.2) is 24.3 Å². The van der Waals surface area contributed by atoms with Crippen LogP contribution in [0.1, 0.15) is 232 Å². The summed E-state index contributed by atoms with van der Waals surface area (Å²) >= 11 is 0. The lowest BCUT2D eigenvalue weighted by molar-refractivity contribution is -0.161. The van der Waals surface area contributed by atoms with Crippen molar-refractivity contribution in [3.8, 4) is 0 Å². The number of allylic oxidation sites excluding steroid dienone is 4. The summed E-state index contributed by atoms with van der Waals surface area (Å²) in [4.78, 5) is 35.1. The van der Waals surface area contributed by atoms with Gasteiger partial charge >= 0.3 is 19.8 Å². The van der Waals surface area contributed by atoms with Gasteiger partial charge in [0.15, 0.2) is 6.10 Å². The van der Waals surface area contributed by atoms with Crippen LogP contribution in [0.3, 0.4) is 0 Å². The number of aliphatic hydroxyl groups is 2. The maximum absolute atomic E-state index is 12.6. The number of rotatable bonds is 46. The Hall–Kier alpha value is -1.55. The van der Waals surface area contributed by atoms with E-state index in [1.54, 1.807) is 0 Å². The molecule has 0 saturated heterocycles. The molecule has 0 spiro atoms. The van der Waals surface area contributed by atoms with Crippen LogP contribution in [0.5, 0.6) is 0 Å². The van der Waals surface area contributed by atoms with Crippen molar-refractivity contribution in [1.82, 2.24) is 0 Å². The van der Waals surface area contributed by atoms with Gasteiger partial charge < -0.3 is 24.6 Å². The standard InChI is InChI=1S/C48H91O10P/c1-3-5-7-9-11-13-15-17-19-20-21-22-23-24-25-26-28-29-31-33-35-37-39-47(51)55-43-46(44-57-59(53,54)56-42-45(50)41-49)58-48(52)40-38-36-34-32-30-27-18-16-14-12-10-8-6-4-2/h10,12,16,18,45-46,49-50H,3-9,11,13-15,17,19-44H2,1-2H3,(H,53,54)/b12-10-,18-16-. The van der Waals surface area contributed by atoms with Crippen LogP contribution in [0, 0.1) is 0 Å². The highest BCUT2D eigenvalue weighted by molar-refractivity contribution is 7.47. The fraction of sp³-hybridized carbons (Fsp3) is 0.875. The average molecular weight is 859 g/mol. The Morgan fingerprint density at radius 3 is 1.36 bits per heavy atom. The van der Waals surface area contributed by atoms with E-state index in [1.165, 1.54) is 128 Å². The first-order valence-corrected chi connectivity index (χ1v) is 25.8. The number of phosphoric acid groups is 1. The number of carbonyl (C=O) groups excluding carboxylic acids is 2. The molecule has 0 heterocycles. The van der Waals surface area contributed by atoms with Gasteiger partial charge in [0.05, 0.1) is 19.8 Å². The summed E-state index contributed by atoms with van der Waals surface area (Å²) in [6, 6.07) is 0. The zero-order chi connectivity index (χ0) is 43.3. The van der Waals surface area contributed by atoms with Gasteiger partial charge in [0.1, 0.15) is 12.7 Å². The third-order valence-electron chi connectivity index (χ3n) is 10.6. The Balaban J connectivity index is 4.14. The van der Waals surface area contributed by atoms with Gasteiger partial charge in [-0.25, -0.2) is 4.57 Å². The third-order valence-corrected chi connectivity index (χ3v) is 11.6. The molecule has 3 atom stereocenters. The molecule has 0 aliphatic carbocycles. The van der Waals surface area contributed by atoms with E-state index in [9.17, 15) is 24.2 Å². The zero-order valence-corrected chi connectivity index (χ0v) is 38.9. The predicted molar refractivity (Wildman–Crippen MR) is 242 cm³/mol. The third kappa shape index (κ3) is 44.3. The van der Waals surface area contributed by atoms with Crippen molar-refractivity contribution in [3.63, 3.8) is 0 Å². The van der Waals surface area contributed by atoms with Gasteiger partial charge in [0.25, 0.3) is 0 Å².